The van der Waals surface area contributed by atoms with E-state index in [4.69, 9.17) is 4.74 Å². The molecule has 5 nitrogen and oxygen atoms in total. The first-order chi connectivity index (χ1) is 11.3. The lowest BCUT2D eigenvalue weighted by Crippen LogP contribution is -2.42. The number of rotatable bonds is 8. The molecule has 0 saturated carbocycles. The molecule has 0 aliphatic heterocycles. The SMILES string of the molecule is C=CC[C@H](NC)c1cccc(C[C@H](CO)NC(=O)OC(C)(C)C)c1. The quantitative estimate of drug-likeness (QED) is 0.639. The number of carbonyl (C=O) groups is 1. The molecule has 24 heavy (non-hydrogen) atoms. The van der Waals surface area contributed by atoms with Crippen molar-refractivity contribution in [3.05, 3.63) is 48.0 Å². The second kappa shape index (κ2) is 9.45. The van der Waals surface area contributed by atoms with Crippen LogP contribution in [0, 0.1) is 0 Å². The first-order valence-electron chi connectivity index (χ1n) is 8.26. The Morgan fingerprint density at radius 2 is 2.12 bits per heavy atom. The number of ether oxygens (including phenoxy) is 1. The molecule has 134 valence electrons. The second-order valence-corrected chi connectivity index (χ2v) is 6.84. The molecule has 0 radical (unpaired) electrons. The standard InChI is InChI=1S/C19H30N2O3/c1-6-8-17(20-5)15-10-7-9-14(11-15)12-16(13-22)21-18(23)24-19(2,3)4/h6-7,9-11,16-17,20,22H,1,8,12-13H2,2-5H3,(H,21,23)/t16-,17+/m1/s1. The lowest BCUT2D eigenvalue weighted by Gasteiger charge is -2.23. The van der Waals surface area contributed by atoms with Gasteiger partial charge in [0.05, 0.1) is 12.6 Å². The summed E-state index contributed by atoms with van der Waals surface area (Å²) < 4.78 is 5.24. The number of alkyl carbamates (subject to hydrolysis) is 1. The molecule has 0 aromatic heterocycles. The Bertz CT molecular complexity index is 538. The van der Waals surface area contributed by atoms with Crippen LogP contribution < -0.4 is 10.6 Å². The van der Waals surface area contributed by atoms with Crippen LogP contribution in [0.3, 0.4) is 0 Å². The van der Waals surface area contributed by atoms with E-state index in [1.807, 2.05) is 46.0 Å². The van der Waals surface area contributed by atoms with Crippen LogP contribution in [-0.2, 0) is 11.2 Å². The topological polar surface area (TPSA) is 70.6 Å². The van der Waals surface area contributed by atoms with Crippen molar-refractivity contribution in [2.24, 2.45) is 0 Å². The Morgan fingerprint density at radius 1 is 1.42 bits per heavy atom. The molecule has 0 aliphatic carbocycles. The van der Waals surface area contributed by atoms with E-state index in [9.17, 15) is 9.90 Å². The van der Waals surface area contributed by atoms with E-state index >= 15 is 0 Å². The van der Waals surface area contributed by atoms with Gasteiger partial charge in [0.25, 0.3) is 0 Å². The van der Waals surface area contributed by atoms with Gasteiger partial charge >= 0.3 is 6.09 Å². The fraction of sp³-hybridized carbons (Fsp3) is 0.526. The molecule has 0 spiro atoms. The van der Waals surface area contributed by atoms with Crippen molar-refractivity contribution in [2.45, 2.75) is 51.3 Å². The lowest BCUT2D eigenvalue weighted by molar-refractivity contribution is 0.0483. The number of aliphatic hydroxyl groups is 1. The summed E-state index contributed by atoms with van der Waals surface area (Å²) in [7, 11) is 1.92. The van der Waals surface area contributed by atoms with Gasteiger partial charge in [-0.15, -0.1) is 6.58 Å². The van der Waals surface area contributed by atoms with E-state index in [0.29, 0.717) is 6.42 Å². The van der Waals surface area contributed by atoms with Crippen molar-refractivity contribution >= 4 is 6.09 Å². The van der Waals surface area contributed by atoms with E-state index < -0.39 is 11.7 Å². The van der Waals surface area contributed by atoms with Gasteiger partial charge in [0.1, 0.15) is 5.60 Å². The summed E-state index contributed by atoms with van der Waals surface area (Å²) in [5.74, 6) is 0. The van der Waals surface area contributed by atoms with Gasteiger partial charge in [-0.25, -0.2) is 4.79 Å². The fourth-order valence-corrected chi connectivity index (χ4v) is 2.44. The third-order valence-corrected chi connectivity index (χ3v) is 3.53. The van der Waals surface area contributed by atoms with Crippen molar-refractivity contribution in [1.29, 1.82) is 0 Å². The van der Waals surface area contributed by atoms with Crippen molar-refractivity contribution < 1.29 is 14.6 Å². The van der Waals surface area contributed by atoms with Crippen molar-refractivity contribution in [2.75, 3.05) is 13.7 Å². The van der Waals surface area contributed by atoms with Gasteiger partial charge in [-0.1, -0.05) is 30.3 Å². The number of hydrogen-bond acceptors (Lipinski definition) is 4. The summed E-state index contributed by atoms with van der Waals surface area (Å²) in [5.41, 5.74) is 1.64. The minimum absolute atomic E-state index is 0.147. The monoisotopic (exact) mass is 334 g/mol. The van der Waals surface area contributed by atoms with E-state index in [0.717, 1.165) is 17.5 Å². The summed E-state index contributed by atoms with van der Waals surface area (Å²) >= 11 is 0. The Kier molecular flexibility index (Phi) is 7.95. The number of hydrogen-bond donors (Lipinski definition) is 3. The Morgan fingerprint density at radius 3 is 2.67 bits per heavy atom. The van der Waals surface area contributed by atoms with Gasteiger partial charge in [-0.05, 0) is 51.8 Å². The zero-order valence-corrected chi connectivity index (χ0v) is 15.1. The Balaban J connectivity index is 2.75. The summed E-state index contributed by atoms with van der Waals surface area (Å²) in [4.78, 5) is 11.9. The van der Waals surface area contributed by atoms with E-state index in [1.54, 1.807) is 0 Å². The van der Waals surface area contributed by atoms with E-state index in [2.05, 4.69) is 29.3 Å². The molecule has 0 heterocycles. The van der Waals surface area contributed by atoms with Crippen LogP contribution in [0.4, 0.5) is 4.79 Å². The molecule has 0 unspecified atom stereocenters. The highest BCUT2D eigenvalue weighted by Gasteiger charge is 2.19. The maximum atomic E-state index is 11.9. The van der Waals surface area contributed by atoms with Gasteiger partial charge in [-0.3, -0.25) is 0 Å². The van der Waals surface area contributed by atoms with Gasteiger partial charge in [0, 0.05) is 6.04 Å². The number of amides is 1. The molecule has 2 atom stereocenters. The van der Waals surface area contributed by atoms with Crippen LogP contribution in [0.2, 0.25) is 0 Å². The first-order valence-corrected chi connectivity index (χ1v) is 8.26. The molecule has 0 saturated heterocycles. The zero-order chi connectivity index (χ0) is 18.2. The van der Waals surface area contributed by atoms with Crippen molar-refractivity contribution in [1.82, 2.24) is 10.6 Å². The molecule has 1 amide bonds. The molecule has 0 bridgehead atoms. The molecule has 1 aromatic rings. The average molecular weight is 334 g/mol. The van der Waals surface area contributed by atoms with Crippen molar-refractivity contribution in [3.8, 4) is 0 Å². The zero-order valence-electron chi connectivity index (χ0n) is 15.1. The van der Waals surface area contributed by atoms with Gasteiger partial charge in [0.2, 0.25) is 0 Å². The fourth-order valence-electron chi connectivity index (χ4n) is 2.44. The lowest BCUT2D eigenvalue weighted by atomic mass is 9.98. The van der Waals surface area contributed by atoms with Crippen LogP contribution in [-0.4, -0.2) is 36.5 Å². The highest BCUT2D eigenvalue weighted by molar-refractivity contribution is 5.68. The summed E-state index contributed by atoms with van der Waals surface area (Å²) in [5, 5.41) is 15.5. The normalized spacial score (nSPS) is 13.9. The predicted octanol–water partition coefficient (Wildman–Crippen LogP) is 2.95. The van der Waals surface area contributed by atoms with Crippen molar-refractivity contribution in [3.63, 3.8) is 0 Å². The highest BCUT2D eigenvalue weighted by Crippen LogP contribution is 2.19. The molecular weight excluding hydrogens is 304 g/mol. The minimum atomic E-state index is -0.561. The van der Waals surface area contributed by atoms with Gasteiger partial charge in [0.15, 0.2) is 0 Å². The molecule has 1 rings (SSSR count). The number of benzene rings is 1. The highest BCUT2D eigenvalue weighted by atomic mass is 16.6. The largest absolute Gasteiger partial charge is 0.444 e. The number of aliphatic hydroxyl groups excluding tert-OH is 1. The van der Waals surface area contributed by atoms with Gasteiger partial charge < -0.3 is 20.5 Å². The summed E-state index contributed by atoms with van der Waals surface area (Å²) in [6.07, 6.45) is 2.74. The number of nitrogens with one attached hydrogen (secondary N) is 2. The average Bonchev–Trinajstić information content (AvgIpc) is 2.50. The van der Waals surface area contributed by atoms with Crippen LogP contribution in [0.15, 0.2) is 36.9 Å². The maximum absolute atomic E-state index is 11.9. The van der Waals surface area contributed by atoms with E-state index in [-0.39, 0.29) is 18.7 Å². The summed E-state index contributed by atoms with van der Waals surface area (Å²) in [6.45, 7) is 9.06. The third-order valence-electron chi connectivity index (χ3n) is 3.53. The summed E-state index contributed by atoms with van der Waals surface area (Å²) in [6, 6.07) is 7.94. The molecule has 3 N–H and O–H groups in total. The number of carbonyl (C=O) groups excluding carboxylic acids is 1. The molecule has 0 aliphatic rings. The smallest absolute Gasteiger partial charge is 0.407 e. The molecule has 5 heteroatoms. The molecule has 0 fully saturated rings. The van der Waals surface area contributed by atoms with Crippen LogP contribution in [0.1, 0.15) is 44.4 Å². The maximum Gasteiger partial charge on any atom is 0.407 e. The van der Waals surface area contributed by atoms with Crippen LogP contribution in [0.5, 0.6) is 0 Å². The van der Waals surface area contributed by atoms with Crippen LogP contribution in [0.25, 0.3) is 0 Å². The molecule has 1 aromatic carbocycles. The molecular formula is C19H30N2O3. The van der Waals surface area contributed by atoms with E-state index in [1.165, 1.54) is 0 Å². The van der Waals surface area contributed by atoms with Gasteiger partial charge in [-0.2, -0.15) is 0 Å². The second-order valence-electron chi connectivity index (χ2n) is 6.84. The predicted molar refractivity (Wildman–Crippen MR) is 97.0 cm³/mol. The minimum Gasteiger partial charge on any atom is -0.444 e. The Labute approximate surface area is 145 Å². The first kappa shape index (κ1) is 20.2. The Hall–Kier alpha value is -1.85. The third kappa shape index (κ3) is 7.15. The van der Waals surface area contributed by atoms with Crippen LogP contribution >= 0.6 is 0 Å².